The summed E-state index contributed by atoms with van der Waals surface area (Å²) in [7, 11) is 0. The molecule has 0 fully saturated rings. The molecule has 1 aliphatic carbocycles. The van der Waals surface area contributed by atoms with Crippen molar-refractivity contribution in [2.75, 3.05) is 12.3 Å². The maximum atomic E-state index is 5.84. The van der Waals surface area contributed by atoms with E-state index in [9.17, 15) is 0 Å². The van der Waals surface area contributed by atoms with Gasteiger partial charge in [-0.1, -0.05) is 13.0 Å². The SMILES string of the molecule is CCCNC1CCCc2ccc(N)cc21. The van der Waals surface area contributed by atoms with E-state index in [2.05, 4.69) is 24.4 Å². The summed E-state index contributed by atoms with van der Waals surface area (Å²) in [4.78, 5) is 0. The van der Waals surface area contributed by atoms with E-state index in [0.29, 0.717) is 6.04 Å². The van der Waals surface area contributed by atoms with Crippen molar-refractivity contribution in [2.24, 2.45) is 0 Å². The van der Waals surface area contributed by atoms with Gasteiger partial charge in [0.05, 0.1) is 0 Å². The van der Waals surface area contributed by atoms with Crippen LogP contribution in [0.1, 0.15) is 43.4 Å². The van der Waals surface area contributed by atoms with Crippen molar-refractivity contribution in [1.82, 2.24) is 5.32 Å². The first-order valence-electron chi connectivity index (χ1n) is 5.93. The molecule has 2 rings (SSSR count). The van der Waals surface area contributed by atoms with Crippen LogP contribution in [-0.4, -0.2) is 6.54 Å². The van der Waals surface area contributed by atoms with Crippen LogP contribution < -0.4 is 11.1 Å². The Hall–Kier alpha value is -1.02. The Balaban J connectivity index is 2.20. The summed E-state index contributed by atoms with van der Waals surface area (Å²) in [5, 5.41) is 3.60. The molecule has 0 aliphatic heterocycles. The molecule has 0 heterocycles. The summed E-state index contributed by atoms with van der Waals surface area (Å²) >= 11 is 0. The molecule has 0 spiro atoms. The Morgan fingerprint density at radius 2 is 2.33 bits per heavy atom. The molecule has 0 saturated carbocycles. The number of nitrogens with two attached hydrogens (primary N) is 1. The Morgan fingerprint density at radius 1 is 1.47 bits per heavy atom. The third-order valence-electron chi connectivity index (χ3n) is 3.12. The van der Waals surface area contributed by atoms with Gasteiger partial charge in [0.1, 0.15) is 0 Å². The molecular weight excluding hydrogens is 184 g/mol. The quantitative estimate of drug-likeness (QED) is 0.743. The molecule has 0 aromatic heterocycles. The third kappa shape index (κ3) is 2.32. The molecule has 1 unspecified atom stereocenters. The number of nitrogens with one attached hydrogen (secondary N) is 1. The smallest absolute Gasteiger partial charge is 0.0323 e. The average molecular weight is 204 g/mol. The summed E-state index contributed by atoms with van der Waals surface area (Å²) in [5.41, 5.74) is 9.63. The zero-order valence-electron chi connectivity index (χ0n) is 9.42. The van der Waals surface area contributed by atoms with Crippen LogP contribution in [0.3, 0.4) is 0 Å². The Kier molecular flexibility index (Phi) is 3.27. The van der Waals surface area contributed by atoms with Crippen LogP contribution in [0.25, 0.3) is 0 Å². The number of aryl methyl sites for hydroxylation is 1. The van der Waals surface area contributed by atoms with Crippen LogP contribution in [-0.2, 0) is 6.42 Å². The van der Waals surface area contributed by atoms with Crippen molar-refractivity contribution >= 4 is 5.69 Å². The molecule has 1 aliphatic rings. The second-order valence-corrected chi connectivity index (χ2v) is 4.36. The second-order valence-electron chi connectivity index (χ2n) is 4.36. The lowest BCUT2D eigenvalue weighted by Crippen LogP contribution is -2.25. The molecular formula is C13H20N2. The number of anilines is 1. The number of nitrogen functional groups attached to an aromatic ring is 1. The average Bonchev–Trinajstić information content (AvgIpc) is 2.26. The molecule has 2 nitrogen and oxygen atoms in total. The molecule has 0 amide bonds. The van der Waals surface area contributed by atoms with Gasteiger partial charge in [-0.2, -0.15) is 0 Å². The topological polar surface area (TPSA) is 38.0 Å². The third-order valence-corrected chi connectivity index (χ3v) is 3.12. The predicted octanol–water partition coefficient (Wildman–Crippen LogP) is 2.65. The first-order chi connectivity index (χ1) is 7.31. The minimum atomic E-state index is 0.525. The second kappa shape index (κ2) is 4.67. The first kappa shape index (κ1) is 10.5. The van der Waals surface area contributed by atoms with Crippen molar-refractivity contribution in [3.05, 3.63) is 29.3 Å². The number of benzene rings is 1. The molecule has 3 N–H and O–H groups in total. The van der Waals surface area contributed by atoms with Crippen molar-refractivity contribution in [3.63, 3.8) is 0 Å². The van der Waals surface area contributed by atoms with Gasteiger partial charge in [0.15, 0.2) is 0 Å². The highest BCUT2D eigenvalue weighted by atomic mass is 14.9. The molecule has 1 aromatic carbocycles. The van der Waals surface area contributed by atoms with Gasteiger partial charge in [0.2, 0.25) is 0 Å². The zero-order chi connectivity index (χ0) is 10.7. The van der Waals surface area contributed by atoms with Gasteiger partial charge in [0.25, 0.3) is 0 Å². The van der Waals surface area contributed by atoms with Crippen LogP contribution in [0.5, 0.6) is 0 Å². The lowest BCUT2D eigenvalue weighted by molar-refractivity contribution is 0.460. The predicted molar refractivity (Wildman–Crippen MR) is 64.8 cm³/mol. The highest BCUT2D eigenvalue weighted by molar-refractivity contribution is 5.46. The van der Waals surface area contributed by atoms with Gasteiger partial charge in [-0.3, -0.25) is 0 Å². The van der Waals surface area contributed by atoms with E-state index in [1.165, 1.54) is 36.8 Å². The van der Waals surface area contributed by atoms with Gasteiger partial charge in [-0.05, 0) is 55.5 Å². The largest absolute Gasteiger partial charge is 0.399 e. The summed E-state index contributed by atoms with van der Waals surface area (Å²) < 4.78 is 0. The maximum absolute atomic E-state index is 5.84. The van der Waals surface area contributed by atoms with Crippen LogP contribution in [0.2, 0.25) is 0 Å². The fourth-order valence-corrected chi connectivity index (χ4v) is 2.35. The maximum Gasteiger partial charge on any atom is 0.0323 e. The van der Waals surface area contributed by atoms with E-state index in [1.807, 2.05) is 6.07 Å². The molecule has 0 bridgehead atoms. The minimum absolute atomic E-state index is 0.525. The lowest BCUT2D eigenvalue weighted by atomic mass is 9.87. The molecule has 2 heteroatoms. The molecule has 0 saturated heterocycles. The summed E-state index contributed by atoms with van der Waals surface area (Å²) in [5.74, 6) is 0. The highest BCUT2D eigenvalue weighted by Gasteiger charge is 2.19. The van der Waals surface area contributed by atoms with E-state index < -0.39 is 0 Å². The van der Waals surface area contributed by atoms with E-state index in [0.717, 1.165) is 12.2 Å². The van der Waals surface area contributed by atoms with Crippen molar-refractivity contribution < 1.29 is 0 Å². The van der Waals surface area contributed by atoms with E-state index in [4.69, 9.17) is 5.73 Å². The number of fused-ring (bicyclic) bond motifs is 1. The fourth-order valence-electron chi connectivity index (χ4n) is 2.35. The van der Waals surface area contributed by atoms with Gasteiger partial charge < -0.3 is 11.1 Å². The van der Waals surface area contributed by atoms with Crippen LogP contribution in [0.4, 0.5) is 5.69 Å². The Bertz CT molecular complexity index is 333. The van der Waals surface area contributed by atoms with Crippen molar-refractivity contribution in [2.45, 2.75) is 38.6 Å². The summed E-state index contributed by atoms with van der Waals surface area (Å²) in [6.45, 7) is 3.30. The Morgan fingerprint density at radius 3 is 3.13 bits per heavy atom. The fraction of sp³-hybridized carbons (Fsp3) is 0.538. The molecule has 15 heavy (non-hydrogen) atoms. The highest BCUT2D eigenvalue weighted by Crippen LogP contribution is 2.30. The van der Waals surface area contributed by atoms with Gasteiger partial charge in [0, 0.05) is 11.7 Å². The summed E-state index contributed by atoms with van der Waals surface area (Å²) in [6.07, 6.45) is 4.93. The minimum Gasteiger partial charge on any atom is -0.399 e. The number of rotatable bonds is 3. The number of hydrogen-bond acceptors (Lipinski definition) is 2. The molecule has 1 aromatic rings. The molecule has 1 atom stereocenters. The van der Waals surface area contributed by atoms with Crippen LogP contribution in [0, 0.1) is 0 Å². The van der Waals surface area contributed by atoms with Crippen molar-refractivity contribution in [1.29, 1.82) is 0 Å². The van der Waals surface area contributed by atoms with Crippen LogP contribution >= 0.6 is 0 Å². The zero-order valence-corrected chi connectivity index (χ0v) is 9.42. The van der Waals surface area contributed by atoms with E-state index in [-0.39, 0.29) is 0 Å². The number of hydrogen-bond donors (Lipinski definition) is 2. The van der Waals surface area contributed by atoms with E-state index >= 15 is 0 Å². The Labute approximate surface area is 91.9 Å². The van der Waals surface area contributed by atoms with Gasteiger partial charge in [-0.15, -0.1) is 0 Å². The van der Waals surface area contributed by atoms with E-state index in [1.54, 1.807) is 0 Å². The van der Waals surface area contributed by atoms with Crippen LogP contribution in [0.15, 0.2) is 18.2 Å². The van der Waals surface area contributed by atoms with Gasteiger partial charge in [-0.25, -0.2) is 0 Å². The van der Waals surface area contributed by atoms with Crippen molar-refractivity contribution in [3.8, 4) is 0 Å². The molecule has 82 valence electrons. The molecule has 0 radical (unpaired) electrons. The van der Waals surface area contributed by atoms with Gasteiger partial charge >= 0.3 is 0 Å². The first-order valence-corrected chi connectivity index (χ1v) is 5.93. The summed E-state index contributed by atoms with van der Waals surface area (Å²) in [6, 6.07) is 6.87. The normalized spacial score (nSPS) is 19.9. The monoisotopic (exact) mass is 204 g/mol. The lowest BCUT2D eigenvalue weighted by Gasteiger charge is -2.26. The standard InChI is InChI=1S/C13H20N2/c1-2-8-15-13-5-3-4-10-6-7-11(14)9-12(10)13/h6-7,9,13,15H,2-5,8,14H2,1H3.